The number of rotatable bonds is 4. The van der Waals surface area contributed by atoms with Gasteiger partial charge in [-0.1, -0.05) is 0 Å². The SMILES string of the molecule is COc1ccc(OC)c(C(C)(C#N)N2CCOCC2)c1. The van der Waals surface area contributed by atoms with Crippen molar-refractivity contribution in [2.75, 3.05) is 40.5 Å². The number of hydrogen-bond donors (Lipinski definition) is 0. The van der Waals surface area contributed by atoms with Crippen molar-refractivity contribution < 1.29 is 14.2 Å². The van der Waals surface area contributed by atoms with E-state index in [-0.39, 0.29) is 0 Å². The van der Waals surface area contributed by atoms with Gasteiger partial charge in [0, 0.05) is 18.7 Å². The highest BCUT2D eigenvalue weighted by Crippen LogP contribution is 2.37. The van der Waals surface area contributed by atoms with Crippen LogP contribution in [0.4, 0.5) is 0 Å². The minimum Gasteiger partial charge on any atom is -0.497 e. The van der Waals surface area contributed by atoms with Gasteiger partial charge in [-0.2, -0.15) is 5.26 Å². The molecule has 1 aliphatic heterocycles. The van der Waals surface area contributed by atoms with Crippen LogP contribution in [0.3, 0.4) is 0 Å². The van der Waals surface area contributed by atoms with E-state index in [0.29, 0.717) is 19.0 Å². The Kier molecular flexibility index (Phi) is 4.48. The second-order valence-electron chi connectivity index (χ2n) is 4.85. The molecule has 1 fully saturated rings. The van der Waals surface area contributed by atoms with Crippen LogP contribution in [0, 0.1) is 11.3 Å². The van der Waals surface area contributed by atoms with Gasteiger partial charge < -0.3 is 14.2 Å². The highest BCUT2D eigenvalue weighted by molar-refractivity contribution is 5.47. The Bertz CT molecular complexity index is 506. The summed E-state index contributed by atoms with van der Waals surface area (Å²) >= 11 is 0. The Hall–Kier alpha value is -1.77. The maximum Gasteiger partial charge on any atom is 0.135 e. The van der Waals surface area contributed by atoms with Gasteiger partial charge in [0.15, 0.2) is 0 Å². The van der Waals surface area contributed by atoms with Gasteiger partial charge in [0.2, 0.25) is 0 Å². The van der Waals surface area contributed by atoms with E-state index in [1.165, 1.54) is 0 Å². The first-order chi connectivity index (χ1) is 9.65. The number of benzene rings is 1. The van der Waals surface area contributed by atoms with Crippen molar-refractivity contribution in [3.05, 3.63) is 23.8 Å². The molecule has 1 unspecified atom stereocenters. The Labute approximate surface area is 119 Å². The topological polar surface area (TPSA) is 54.7 Å². The fourth-order valence-electron chi connectivity index (χ4n) is 2.51. The maximum absolute atomic E-state index is 9.75. The lowest BCUT2D eigenvalue weighted by molar-refractivity contribution is -0.000197. The Morgan fingerprint density at radius 2 is 1.95 bits per heavy atom. The second-order valence-corrected chi connectivity index (χ2v) is 4.85. The van der Waals surface area contributed by atoms with Crippen LogP contribution in [0.1, 0.15) is 12.5 Å². The third-order valence-electron chi connectivity index (χ3n) is 3.79. The molecule has 1 aromatic carbocycles. The van der Waals surface area contributed by atoms with Crippen LogP contribution in [0.5, 0.6) is 11.5 Å². The number of ether oxygens (including phenoxy) is 3. The molecular formula is C15H20N2O3. The molecule has 0 aliphatic carbocycles. The number of nitriles is 1. The van der Waals surface area contributed by atoms with E-state index in [0.717, 1.165) is 24.4 Å². The van der Waals surface area contributed by atoms with Crippen LogP contribution < -0.4 is 9.47 Å². The Morgan fingerprint density at radius 1 is 1.25 bits per heavy atom. The lowest BCUT2D eigenvalue weighted by Gasteiger charge is -2.39. The molecule has 0 aromatic heterocycles. The molecule has 1 aliphatic rings. The van der Waals surface area contributed by atoms with Crippen LogP contribution in [-0.4, -0.2) is 45.4 Å². The summed E-state index contributed by atoms with van der Waals surface area (Å²) < 4.78 is 16.1. The summed E-state index contributed by atoms with van der Waals surface area (Å²) in [5.41, 5.74) is 0.0627. The predicted octanol–water partition coefficient (Wildman–Crippen LogP) is 1.77. The molecule has 5 nitrogen and oxygen atoms in total. The van der Waals surface area contributed by atoms with Crippen molar-refractivity contribution in [1.29, 1.82) is 5.26 Å². The van der Waals surface area contributed by atoms with E-state index in [2.05, 4.69) is 11.0 Å². The standard InChI is InChI=1S/C15H20N2O3/c1-15(11-16,17-6-8-20-9-7-17)13-10-12(18-2)4-5-14(13)19-3/h4-5,10H,6-9H2,1-3H3. The van der Waals surface area contributed by atoms with E-state index >= 15 is 0 Å². The van der Waals surface area contributed by atoms with Crippen molar-refractivity contribution in [2.45, 2.75) is 12.5 Å². The minimum atomic E-state index is -0.760. The van der Waals surface area contributed by atoms with E-state index in [9.17, 15) is 5.26 Å². The molecule has 0 radical (unpaired) electrons. The Balaban J connectivity index is 2.46. The molecule has 20 heavy (non-hydrogen) atoms. The third kappa shape index (κ3) is 2.58. The van der Waals surface area contributed by atoms with Crippen LogP contribution in [0.2, 0.25) is 0 Å². The molecule has 1 saturated heterocycles. The van der Waals surface area contributed by atoms with Crippen LogP contribution in [0.25, 0.3) is 0 Å². The quantitative estimate of drug-likeness (QED) is 0.839. The molecule has 0 saturated carbocycles. The summed E-state index contributed by atoms with van der Waals surface area (Å²) in [6.07, 6.45) is 0. The van der Waals surface area contributed by atoms with Crippen LogP contribution in [-0.2, 0) is 10.3 Å². The first-order valence-corrected chi connectivity index (χ1v) is 6.62. The number of methoxy groups -OCH3 is 2. The van der Waals surface area contributed by atoms with E-state index < -0.39 is 5.54 Å². The van der Waals surface area contributed by atoms with Crippen molar-refractivity contribution in [2.24, 2.45) is 0 Å². The zero-order valence-electron chi connectivity index (χ0n) is 12.2. The van der Waals surface area contributed by atoms with Crippen molar-refractivity contribution in [3.8, 4) is 17.6 Å². The summed E-state index contributed by atoms with van der Waals surface area (Å²) in [6, 6.07) is 7.97. The number of morpholine rings is 1. The lowest BCUT2D eigenvalue weighted by Crippen LogP contribution is -2.49. The van der Waals surface area contributed by atoms with Gasteiger partial charge in [-0.15, -0.1) is 0 Å². The van der Waals surface area contributed by atoms with Gasteiger partial charge in [0.05, 0.1) is 33.5 Å². The summed E-state index contributed by atoms with van der Waals surface area (Å²) in [5.74, 6) is 1.41. The van der Waals surface area contributed by atoms with Gasteiger partial charge in [0.25, 0.3) is 0 Å². The molecule has 2 rings (SSSR count). The second kappa shape index (κ2) is 6.12. The minimum absolute atomic E-state index is 0.642. The number of nitrogens with zero attached hydrogens (tertiary/aromatic N) is 2. The average Bonchev–Trinajstić information content (AvgIpc) is 2.54. The summed E-state index contributed by atoms with van der Waals surface area (Å²) in [6.45, 7) is 4.65. The molecule has 0 spiro atoms. The maximum atomic E-state index is 9.75. The Morgan fingerprint density at radius 3 is 2.50 bits per heavy atom. The van der Waals surface area contributed by atoms with Crippen molar-refractivity contribution >= 4 is 0 Å². The molecular weight excluding hydrogens is 256 g/mol. The van der Waals surface area contributed by atoms with Crippen molar-refractivity contribution in [3.63, 3.8) is 0 Å². The lowest BCUT2D eigenvalue weighted by atomic mass is 9.90. The van der Waals surface area contributed by atoms with Gasteiger partial charge in [0.1, 0.15) is 17.0 Å². The summed E-state index contributed by atoms with van der Waals surface area (Å²) in [5, 5.41) is 9.75. The first kappa shape index (κ1) is 14.6. The fraction of sp³-hybridized carbons (Fsp3) is 0.533. The van der Waals surface area contributed by atoms with Crippen molar-refractivity contribution in [1.82, 2.24) is 4.90 Å². The van der Waals surface area contributed by atoms with Gasteiger partial charge in [-0.3, -0.25) is 4.90 Å². The van der Waals surface area contributed by atoms with Crippen LogP contribution >= 0.6 is 0 Å². The van der Waals surface area contributed by atoms with Gasteiger partial charge >= 0.3 is 0 Å². The van der Waals surface area contributed by atoms with E-state index in [4.69, 9.17) is 14.2 Å². The predicted molar refractivity (Wildman–Crippen MR) is 74.9 cm³/mol. The average molecular weight is 276 g/mol. The first-order valence-electron chi connectivity index (χ1n) is 6.62. The smallest absolute Gasteiger partial charge is 0.135 e. The summed E-state index contributed by atoms with van der Waals surface area (Å²) in [4.78, 5) is 2.12. The van der Waals surface area contributed by atoms with Gasteiger partial charge in [-0.25, -0.2) is 0 Å². The molecule has 1 aromatic rings. The summed E-state index contributed by atoms with van der Waals surface area (Å²) in [7, 11) is 3.23. The molecule has 0 N–H and O–H groups in total. The molecule has 5 heteroatoms. The molecule has 0 bridgehead atoms. The number of hydrogen-bond acceptors (Lipinski definition) is 5. The van der Waals surface area contributed by atoms with Crippen LogP contribution in [0.15, 0.2) is 18.2 Å². The van der Waals surface area contributed by atoms with E-state index in [1.54, 1.807) is 14.2 Å². The zero-order valence-corrected chi connectivity index (χ0v) is 12.2. The monoisotopic (exact) mass is 276 g/mol. The molecule has 1 heterocycles. The molecule has 108 valence electrons. The molecule has 1 atom stereocenters. The zero-order chi connectivity index (χ0) is 14.6. The molecule has 0 amide bonds. The highest BCUT2D eigenvalue weighted by Gasteiger charge is 2.37. The normalized spacial score (nSPS) is 18.9. The highest BCUT2D eigenvalue weighted by atomic mass is 16.5. The van der Waals surface area contributed by atoms with E-state index in [1.807, 2.05) is 25.1 Å². The van der Waals surface area contributed by atoms with Gasteiger partial charge in [-0.05, 0) is 25.1 Å². The third-order valence-corrected chi connectivity index (χ3v) is 3.79. The largest absolute Gasteiger partial charge is 0.497 e. The fourth-order valence-corrected chi connectivity index (χ4v) is 2.51.